The van der Waals surface area contributed by atoms with Crippen LogP contribution in [0.1, 0.15) is 19.3 Å². The predicted octanol–water partition coefficient (Wildman–Crippen LogP) is 6.91. The van der Waals surface area contributed by atoms with Gasteiger partial charge in [0.15, 0.2) is 5.82 Å². The molecule has 1 aliphatic rings. The van der Waals surface area contributed by atoms with Gasteiger partial charge in [0.1, 0.15) is 28.9 Å². The van der Waals surface area contributed by atoms with Crippen LogP contribution in [0.3, 0.4) is 0 Å². The lowest BCUT2D eigenvalue weighted by molar-refractivity contribution is 0.180. The Morgan fingerprint density at radius 3 is 2.48 bits per heavy atom. The van der Waals surface area contributed by atoms with Crippen LogP contribution in [0.15, 0.2) is 67.0 Å². The summed E-state index contributed by atoms with van der Waals surface area (Å²) in [7, 11) is 3.53. The van der Waals surface area contributed by atoms with Crippen LogP contribution in [0.25, 0.3) is 0 Å². The van der Waals surface area contributed by atoms with E-state index in [0.717, 1.165) is 30.6 Å². The second-order valence-corrected chi connectivity index (χ2v) is 12.0. The number of likely N-dealkylation sites (tertiary alicyclic amines) is 1. The molecular weight excluding hydrogens is 603 g/mol. The first kappa shape index (κ1) is 31.7. The fourth-order valence-corrected chi connectivity index (χ4v) is 5.96. The predicted molar refractivity (Wildman–Crippen MR) is 174 cm³/mol. The van der Waals surface area contributed by atoms with Crippen LogP contribution in [0.5, 0.6) is 23.1 Å². The number of nitrogens with one attached hydrogen (secondary N) is 2. The zero-order valence-corrected chi connectivity index (χ0v) is 26.6. The molecule has 3 heterocycles. The Labute approximate surface area is 263 Å². The lowest BCUT2D eigenvalue weighted by atomic mass is 10.1. The lowest BCUT2D eigenvalue weighted by Gasteiger charge is -2.26. The number of halogens is 1. The first-order valence-electron chi connectivity index (χ1n) is 14.3. The van der Waals surface area contributed by atoms with Crippen LogP contribution in [0, 0.1) is 0 Å². The van der Waals surface area contributed by atoms with Gasteiger partial charge in [0.2, 0.25) is 20.2 Å². The van der Waals surface area contributed by atoms with Gasteiger partial charge in [-0.1, -0.05) is 30.2 Å². The summed E-state index contributed by atoms with van der Waals surface area (Å²) in [6.45, 7) is 3.74. The van der Waals surface area contributed by atoms with E-state index in [0.29, 0.717) is 52.2 Å². The molecule has 0 saturated carbocycles. The van der Waals surface area contributed by atoms with Gasteiger partial charge >= 0.3 is 0 Å². The summed E-state index contributed by atoms with van der Waals surface area (Å²) in [4.78, 5) is 15.7. The Hall–Kier alpha value is -3.73. The van der Waals surface area contributed by atoms with Crippen molar-refractivity contribution in [3.63, 3.8) is 0 Å². The second-order valence-electron chi connectivity index (χ2n) is 9.82. The minimum Gasteiger partial charge on any atom is -0.494 e. The van der Waals surface area contributed by atoms with E-state index < -0.39 is 8.38 Å². The Morgan fingerprint density at radius 2 is 1.68 bits per heavy atom. The number of anilines is 4. The number of aromatic nitrogens is 3. The van der Waals surface area contributed by atoms with Gasteiger partial charge in [-0.2, -0.15) is 4.98 Å². The number of hydrogen-bond acceptors (Lipinski definition) is 11. The number of para-hydroxylation sites is 1. The molecule has 0 radical (unpaired) electrons. The zero-order chi connectivity index (χ0) is 30.7. The molecular formula is C31H36ClN6O5P. The number of nitrogens with zero attached hydrogens (tertiary/aromatic N) is 4. The summed E-state index contributed by atoms with van der Waals surface area (Å²) in [5.41, 5.74) is 1.41. The van der Waals surface area contributed by atoms with Gasteiger partial charge in [-0.15, -0.1) is 0 Å². The average molecular weight is 639 g/mol. The number of rotatable bonds is 14. The van der Waals surface area contributed by atoms with E-state index in [1.165, 1.54) is 25.5 Å². The second kappa shape index (κ2) is 15.8. The number of piperidine rings is 1. The smallest absolute Gasteiger partial charge is 0.229 e. The molecule has 0 unspecified atom stereocenters. The van der Waals surface area contributed by atoms with Gasteiger partial charge in [0.25, 0.3) is 0 Å². The van der Waals surface area contributed by atoms with E-state index in [1.54, 1.807) is 45.7 Å². The summed E-state index contributed by atoms with van der Waals surface area (Å²) in [5, 5.41) is 7.70. The fraction of sp³-hybridized carbons (Fsp3) is 0.323. The highest BCUT2D eigenvalue weighted by atomic mass is 35.5. The van der Waals surface area contributed by atoms with E-state index in [1.807, 2.05) is 36.4 Å². The van der Waals surface area contributed by atoms with Crippen molar-refractivity contribution in [2.45, 2.75) is 19.3 Å². The monoisotopic (exact) mass is 638 g/mol. The summed E-state index contributed by atoms with van der Waals surface area (Å²) in [6, 6.07) is 16.7. The van der Waals surface area contributed by atoms with Gasteiger partial charge in [-0.25, -0.2) is 9.97 Å². The van der Waals surface area contributed by atoms with Crippen molar-refractivity contribution in [1.82, 2.24) is 19.9 Å². The largest absolute Gasteiger partial charge is 0.494 e. The minimum atomic E-state index is -1.27. The van der Waals surface area contributed by atoms with Crippen LogP contribution in [0.4, 0.5) is 23.1 Å². The summed E-state index contributed by atoms with van der Waals surface area (Å²) >= 11 is 6.45. The van der Waals surface area contributed by atoms with Gasteiger partial charge in [-0.3, -0.25) is 4.90 Å². The Morgan fingerprint density at radius 1 is 0.886 bits per heavy atom. The molecule has 44 heavy (non-hydrogen) atoms. The molecule has 232 valence electrons. The van der Waals surface area contributed by atoms with E-state index in [-0.39, 0.29) is 0 Å². The van der Waals surface area contributed by atoms with Gasteiger partial charge in [-0.05, 0) is 56.3 Å². The van der Waals surface area contributed by atoms with Crippen molar-refractivity contribution in [3.05, 3.63) is 72.0 Å². The van der Waals surface area contributed by atoms with Crippen LogP contribution < -0.4 is 30.1 Å². The van der Waals surface area contributed by atoms with E-state index in [4.69, 9.17) is 34.9 Å². The molecule has 0 aliphatic carbocycles. The maximum Gasteiger partial charge on any atom is 0.229 e. The first-order valence-corrected chi connectivity index (χ1v) is 15.8. The summed E-state index contributed by atoms with van der Waals surface area (Å²) < 4.78 is 28.6. The molecule has 2 aromatic carbocycles. The van der Waals surface area contributed by atoms with Crippen LogP contribution in [-0.2, 0) is 9.05 Å². The third-order valence-corrected chi connectivity index (χ3v) is 8.62. The van der Waals surface area contributed by atoms with Gasteiger partial charge < -0.3 is 33.9 Å². The maximum atomic E-state index is 6.45. The Bertz CT molecular complexity index is 1520. The number of ether oxygens (including phenoxy) is 3. The van der Waals surface area contributed by atoms with Crippen molar-refractivity contribution in [3.8, 4) is 23.1 Å². The van der Waals surface area contributed by atoms with Crippen LogP contribution >= 0.6 is 20.0 Å². The normalized spacial score (nSPS) is 13.5. The lowest BCUT2D eigenvalue weighted by Crippen LogP contribution is -2.33. The molecule has 1 aliphatic heterocycles. The SMILES string of the molecule is COc1cc(Oc2ccnc(OCCN3CCCCC3)c2)ccc1Nc1ncc(Cl)c(Nc2ccccc2P(OC)OC)n1. The van der Waals surface area contributed by atoms with Crippen molar-refractivity contribution in [2.24, 2.45) is 0 Å². The molecule has 0 spiro atoms. The van der Waals surface area contributed by atoms with Gasteiger partial charge in [0, 0.05) is 39.1 Å². The highest BCUT2D eigenvalue weighted by Gasteiger charge is 2.17. The van der Waals surface area contributed by atoms with Crippen molar-refractivity contribution in [2.75, 3.05) is 58.2 Å². The number of methoxy groups -OCH3 is 1. The number of benzene rings is 2. The van der Waals surface area contributed by atoms with Gasteiger partial charge in [0.05, 0.1) is 30.0 Å². The van der Waals surface area contributed by atoms with Crippen LogP contribution in [0.2, 0.25) is 5.02 Å². The molecule has 2 aromatic heterocycles. The van der Waals surface area contributed by atoms with Crippen molar-refractivity contribution >= 4 is 48.4 Å². The zero-order valence-electron chi connectivity index (χ0n) is 25.0. The third kappa shape index (κ3) is 8.46. The summed E-state index contributed by atoms with van der Waals surface area (Å²) in [6.07, 6.45) is 7.02. The highest BCUT2D eigenvalue weighted by molar-refractivity contribution is 7.56. The molecule has 1 fully saturated rings. The molecule has 11 nitrogen and oxygen atoms in total. The Kier molecular flexibility index (Phi) is 11.4. The fourth-order valence-electron chi connectivity index (χ4n) is 4.74. The average Bonchev–Trinajstić information content (AvgIpc) is 3.05. The molecule has 0 bridgehead atoms. The molecule has 0 atom stereocenters. The maximum absolute atomic E-state index is 6.45. The van der Waals surface area contributed by atoms with Crippen LogP contribution in [-0.4, -0.2) is 67.4 Å². The van der Waals surface area contributed by atoms with Crippen molar-refractivity contribution in [1.29, 1.82) is 0 Å². The highest BCUT2D eigenvalue weighted by Crippen LogP contribution is 2.39. The topological polar surface area (TPSA) is 112 Å². The summed E-state index contributed by atoms with van der Waals surface area (Å²) in [5.74, 6) is 3.00. The standard InChI is InChI=1S/C31H36ClN6O5P/c1-39-27-19-22(43-23-13-14-33-29(20-23)42-18-17-38-15-7-4-8-16-38)11-12-25(27)36-31-34-21-24(32)30(37-31)35-26-9-5-6-10-28(26)44(40-2)41-3/h5-6,9-14,19-21H,4,7-8,15-18H2,1-3H3,(H2,34,35,36,37). The third-order valence-electron chi connectivity index (χ3n) is 6.90. The quantitative estimate of drug-likeness (QED) is 0.141. The molecule has 4 aromatic rings. The number of pyridine rings is 1. The number of hydrogen-bond donors (Lipinski definition) is 2. The molecule has 1 saturated heterocycles. The molecule has 2 N–H and O–H groups in total. The van der Waals surface area contributed by atoms with Crippen molar-refractivity contribution < 1.29 is 23.3 Å². The molecule has 13 heteroatoms. The van der Waals surface area contributed by atoms with E-state index >= 15 is 0 Å². The minimum absolute atomic E-state index is 0.322. The van der Waals surface area contributed by atoms with E-state index in [9.17, 15) is 0 Å². The van der Waals surface area contributed by atoms with E-state index in [2.05, 4.69) is 30.5 Å². The first-order chi connectivity index (χ1) is 21.6. The Balaban J connectivity index is 1.25. The molecule has 0 amide bonds. The molecule has 5 rings (SSSR count).